The number of aromatic nitrogens is 3. The summed E-state index contributed by atoms with van der Waals surface area (Å²) in [5.74, 6) is 0.743. The van der Waals surface area contributed by atoms with Crippen LogP contribution in [-0.2, 0) is 6.61 Å². The molecule has 0 unspecified atom stereocenters. The molecule has 68 valence electrons. The number of hydrogen-bond acceptors (Lipinski definition) is 5. The first-order valence-corrected chi connectivity index (χ1v) is 3.70. The van der Waals surface area contributed by atoms with E-state index in [1.165, 1.54) is 12.5 Å². The van der Waals surface area contributed by atoms with Gasteiger partial charge in [-0.15, -0.1) is 0 Å². The van der Waals surface area contributed by atoms with Gasteiger partial charge in [0.15, 0.2) is 11.5 Å². The van der Waals surface area contributed by atoms with E-state index in [4.69, 9.17) is 16.6 Å². The quantitative estimate of drug-likeness (QED) is 0.541. The lowest BCUT2D eigenvalue weighted by atomic mass is 10.3. The lowest BCUT2D eigenvalue weighted by molar-refractivity contribution is 0.281. The molecular formula is C7H9N5O. The number of aliphatic hydroxyl groups excluding tert-OH is 1. The third kappa shape index (κ3) is 0.994. The van der Waals surface area contributed by atoms with Crippen LogP contribution in [0.3, 0.4) is 0 Å². The number of nitrogens with two attached hydrogens (primary N) is 2. The first-order valence-electron chi connectivity index (χ1n) is 3.70. The van der Waals surface area contributed by atoms with E-state index in [1.807, 2.05) is 0 Å². The molecule has 0 saturated heterocycles. The number of nitrogens with zero attached hydrogens (tertiary/aromatic N) is 3. The smallest absolute Gasteiger partial charge is 0.182 e. The summed E-state index contributed by atoms with van der Waals surface area (Å²) in [6.07, 6.45) is 2.97. The maximum Gasteiger partial charge on any atom is 0.182 e. The van der Waals surface area contributed by atoms with E-state index < -0.39 is 0 Å². The van der Waals surface area contributed by atoms with Crippen LogP contribution in [0.15, 0.2) is 12.5 Å². The summed E-state index contributed by atoms with van der Waals surface area (Å²) in [4.78, 5) is 7.86. The molecule has 2 aromatic heterocycles. The molecule has 0 spiro atoms. The molecule has 6 heteroatoms. The molecule has 2 rings (SSSR count). The summed E-state index contributed by atoms with van der Waals surface area (Å²) in [6.45, 7) is -0.146. The van der Waals surface area contributed by atoms with Crippen molar-refractivity contribution in [2.45, 2.75) is 6.61 Å². The molecule has 0 aliphatic rings. The highest BCUT2D eigenvalue weighted by molar-refractivity contribution is 5.63. The Kier molecular flexibility index (Phi) is 1.56. The Bertz CT molecular complexity index is 449. The topological polar surface area (TPSA) is 102 Å². The summed E-state index contributed by atoms with van der Waals surface area (Å²) in [5.41, 5.74) is 12.3. The van der Waals surface area contributed by atoms with Crippen molar-refractivity contribution in [3.8, 4) is 0 Å². The molecule has 0 fully saturated rings. The Balaban J connectivity index is 2.80. The zero-order valence-corrected chi connectivity index (χ0v) is 6.81. The van der Waals surface area contributed by atoms with Gasteiger partial charge in [0.25, 0.3) is 0 Å². The van der Waals surface area contributed by atoms with Crippen molar-refractivity contribution < 1.29 is 5.11 Å². The van der Waals surface area contributed by atoms with Crippen LogP contribution in [0.1, 0.15) is 5.56 Å². The Morgan fingerprint density at radius 1 is 1.38 bits per heavy atom. The molecule has 0 radical (unpaired) electrons. The predicted octanol–water partition coefficient (Wildman–Crippen LogP) is -0.614. The Morgan fingerprint density at radius 2 is 2.15 bits per heavy atom. The summed E-state index contributed by atoms with van der Waals surface area (Å²) in [6, 6.07) is 0. The Hall–Kier alpha value is -1.82. The Morgan fingerprint density at radius 3 is 2.85 bits per heavy atom. The van der Waals surface area contributed by atoms with Crippen LogP contribution >= 0.6 is 0 Å². The minimum Gasteiger partial charge on any atom is -0.391 e. The highest BCUT2D eigenvalue weighted by Gasteiger charge is 2.07. The van der Waals surface area contributed by atoms with Gasteiger partial charge in [0.05, 0.1) is 6.61 Å². The van der Waals surface area contributed by atoms with Gasteiger partial charge in [0.2, 0.25) is 0 Å². The fourth-order valence-corrected chi connectivity index (χ4v) is 1.14. The maximum atomic E-state index is 8.90. The van der Waals surface area contributed by atoms with Gasteiger partial charge in [0.1, 0.15) is 12.1 Å². The molecule has 13 heavy (non-hydrogen) atoms. The zero-order valence-electron chi connectivity index (χ0n) is 6.81. The van der Waals surface area contributed by atoms with Gasteiger partial charge in [-0.05, 0) is 0 Å². The molecule has 2 heterocycles. The van der Waals surface area contributed by atoms with Crippen LogP contribution in [0, 0.1) is 0 Å². The standard InChI is InChI=1S/C7H9N5O/c8-5-7-10-1-4(2-13)6(9)12(7)3-11-5/h1,3,13H,2,8-9H2. The fourth-order valence-electron chi connectivity index (χ4n) is 1.14. The second-order valence-electron chi connectivity index (χ2n) is 2.65. The average molecular weight is 179 g/mol. The molecule has 0 aliphatic carbocycles. The van der Waals surface area contributed by atoms with Gasteiger partial charge in [-0.3, -0.25) is 4.40 Å². The summed E-state index contributed by atoms with van der Waals surface area (Å²) >= 11 is 0. The average Bonchev–Trinajstić information content (AvgIpc) is 2.50. The second-order valence-corrected chi connectivity index (χ2v) is 2.65. The summed E-state index contributed by atoms with van der Waals surface area (Å²) in [5, 5.41) is 8.90. The van der Waals surface area contributed by atoms with E-state index in [2.05, 4.69) is 9.97 Å². The molecular weight excluding hydrogens is 170 g/mol. The number of aliphatic hydroxyl groups is 1. The van der Waals surface area contributed by atoms with Crippen molar-refractivity contribution in [1.29, 1.82) is 0 Å². The third-order valence-corrected chi connectivity index (χ3v) is 1.87. The lowest BCUT2D eigenvalue weighted by Crippen LogP contribution is -2.03. The largest absolute Gasteiger partial charge is 0.391 e. The molecule has 0 aromatic carbocycles. The van der Waals surface area contributed by atoms with E-state index in [0.29, 0.717) is 22.8 Å². The van der Waals surface area contributed by atoms with E-state index in [-0.39, 0.29) is 6.61 Å². The second kappa shape index (κ2) is 2.60. The molecule has 5 N–H and O–H groups in total. The monoisotopic (exact) mass is 179 g/mol. The summed E-state index contributed by atoms with van der Waals surface area (Å²) < 4.78 is 1.54. The minimum atomic E-state index is -0.146. The lowest BCUT2D eigenvalue weighted by Gasteiger charge is -2.03. The zero-order chi connectivity index (χ0) is 9.42. The minimum absolute atomic E-state index is 0.146. The molecule has 2 aromatic rings. The van der Waals surface area contributed by atoms with Crippen LogP contribution in [0.2, 0.25) is 0 Å². The van der Waals surface area contributed by atoms with Crippen molar-refractivity contribution in [3.63, 3.8) is 0 Å². The van der Waals surface area contributed by atoms with Crippen LogP contribution in [0.5, 0.6) is 0 Å². The van der Waals surface area contributed by atoms with E-state index >= 15 is 0 Å². The van der Waals surface area contributed by atoms with Gasteiger partial charge < -0.3 is 16.6 Å². The third-order valence-electron chi connectivity index (χ3n) is 1.87. The first-order chi connectivity index (χ1) is 6.24. The number of anilines is 2. The van der Waals surface area contributed by atoms with E-state index in [9.17, 15) is 0 Å². The molecule has 0 bridgehead atoms. The van der Waals surface area contributed by atoms with Crippen LogP contribution in [0.4, 0.5) is 11.6 Å². The molecule has 0 amide bonds. The Labute approximate surface area is 73.8 Å². The van der Waals surface area contributed by atoms with Crippen LogP contribution in [-0.4, -0.2) is 19.5 Å². The van der Waals surface area contributed by atoms with E-state index in [0.717, 1.165) is 0 Å². The summed E-state index contributed by atoms with van der Waals surface area (Å²) in [7, 11) is 0. The number of nitrogen functional groups attached to an aromatic ring is 2. The number of hydrogen-bond donors (Lipinski definition) is 3. The fraction of sp³-hybridized carbons (Fsp3) is 0.143. The van der Waals surface area contributed by atoms with Crippen LogP contribution in [0.25, 0.3) is 5.65 Å². The highest BCUT2D eigenvalue weighted by Crippen LogP contribution is 2.16. The van der Waals surface area contributed by atoms with Gasteiger partial charge in [-0.2, -0.15) is 0 Å². The number of fused-ring (bicyclic) bond motifs is 1. The normalized spacial score (nSPS) is 10.8. The van der Waals surface area contributed by atoms with Gasteiger partial charge in [-0.1, -0.05) is 0 Å². The number of rotatable bonds is 1. The SMILES string of the molecule is Nc1ncn2c(N)c(CO)cnc12. The van der Waals surface area contributed by atoms with Gasteiger partial charge >= 0.3 is 0 Å². The highest BCUT2D eigenvalue weighted by atomic mass is 16.3. The predicted molar refractivity (Wildman–Crippen MR) is 47.7 cm³/mol. The first kappa shape index (κ1) is 7.81. The number of imidazole rings is 1. The molecule has 0 aliphatic heterocycles. The van der Waals surface area contributed by atoms with Gasteiger partial charge in [0, 0.05) is 11.8 Å². The molecule has 6 nitrogen and oxygen atoms in total. The van der Waals surface area contributed by atoms with Crippen molar-refractivity contribution in [1.82, 2.24) is 14.4 Å². The molecule has 0 saturated carbocycles. The maximum absolute atomic E-state index is 8.90. The van der Waals surface area contributed by atoms with Crippen molar-refractivity contribution in [2.75, 3.05) is 11.5 Å². The van der Waals surface area contributed by atoms with Crippen molar-refractivity contribution in [3.05, 3.63) is 18.1 Å². The van der Waals surface area contributed by atoms with Crippen LogP contribution < -0.4 is 11.5 Å². The van der Waals surface area contributed by atoms with Crippen molar-refractivity contribution >= 4 is 17.3 Å². The van der Waals surface area contributed by atoms with Crippen molar-refractivity contribution in [2.24, 2.45) is 0 Å². The molecule has 0 atom stereocenters. The van der Waals surface area contributed by atoms with Gasteiger partial charge in [-0.25, -0.2) is 9.97 Å². The van der Waals surface area contributed by atoms with E-state index in [1.54, 1.807) is 4.40 Å².